The predicted molar refractivity (Wildman–Crippen MR) is 41.4 cm³/mol. The van der Waals surface area contributed by atoms with Gasteiger partial charge >= 0.3 is 5.97 Å². The van der Waals surface area contributed by atoms with Gasteiger partial charge in [0.2, 0.25) is 5.79 Å². The molecule has 0 aromatic heterocycles. The number of hydrogen-bond donors (Lipinski definition) is 1. The minimum atomic E-state index is -1.91. The number of rotatable bonds is 5. The van der Waals surface area contributed by atoms with Crippen molar-refractivity contribution in [3.8, 4) is 0 Å². The Morgan fingerprint density at radius 1 is 0.846 bits per heavy atom. The van der Waals surface area contributed by atoms with Crippen LogP contribution in [0.3, 0.4) is 0 Å². The summed E-state index contributed by atoms with van der Waals surface area (Å²) in [6, 6.07) is 0. The Morgan fingerprint density at radius 3 is 1.23 bits per heavy atom. The smallest absolute Gasteiger partial charge is 0.337 e. The Labute approximate surface area is 93.2 Å². The molecular weight excluding hydrogens is 212 g/mol. The first-order valence-corrected chi connectivity index (χ1v) is 3.42. The number of ether oxygens (including phenoxy) is 4. The summed E-state index contributed by atoms with van der Waals surface area (Å²) in [5, 5.41) is 9.65. The van der Waals surface area contributed by atoms with E-state index in [1.165, 1.54) is 35.4 Å². The fraction of sp³-hybridized carbons (Fsp3) is 1.00. The van der Waals surface area contributed by atoms with E-state index in [0.717, 1.165) is 0 Å². The Kier molecular flexibility index (Phi) is 7.47. The zero-order valence-corrected chi connectivity index (χ0v) is 10.1. The SMILES string of the molecule is COC(C)(OC)C(O)(OC)OC.[Ti]. The summed E-state index contributed by atoms with van der Waals surface area (Å²) in [7, 11) is 5.35. The summed E-state index contributed by atoms with van der Waals surface area (Å²) >= 11 is 0. The molecule has 78 valence electrons. The first kappa shape index (κ1) is 16.0. The number of aliphatic hydroxyl groups is 1. The molecule has 0 rings (SSSR count). The second-order valence-electron chi connectivity index (χ2n) is 2.34. The van der Waals surface area contributed by atoms with E-state index in [1.807, 2.05) is 0 Å². The largest absolute Gasteiger partial charge is 0.347 e. The molecule has 5 nitrogen and oxygen atoms in total. The summed E-state index contributed by atoms with van der Waals surface area (Å²) in [4.78, 5) is 0. The van der Waals surface area contributed by atoms with Crippen molar-refractivity contribution in [2.24, 2.45) is 0 Å². The molecule has 0 saturated carbocycles. The third-order valence-electron chi connectivity index (χ3n) is 1.91. The Balaban J connectivity index is 0. The topological polar surface area (TPSA) is 57.2 Å². The fourth-order valence-electron chi connectivity index (χ4n) is 0.795. The van der Waals surface area contributed by atoms with Gasteiger partial charge in [0.15, 0.2) is 0 Å². The van der Waals surface area contributed by atoms with Gasteiger partial charge < -0.3 is 24.1 Å². The first-order valence-electron chi connectivity index (χ1n) is 3.42. The number of methoxy groups -OCH3 is 4. The summed E-state index contributed by atoms with van der Waals surface area (Å²) in [5.74, 6) is -3.26. The molecule has 0 aliphatic carbocycles. The second kappa shape index (κ2) is 6.08. The molecule has 0 saturated heterocycles. The van der Waals surface area contributed by atoms with Crippen molar-refractivity contribution in [1.29, 1.82) is 0 Å². The van der Waals surface area contributed by atoms with E-state index >= 15 is 0 Å². The van der Waals surface area contributed by atoms with Gasteiger partial charge in [0.05, 0.1) is 0 Å². The normalized spacial score (nSPS) is 12.5. The van der Waals surface area contributed by atoms with Crippen LogP contribution in [0.5, 0.6) is 0 Å². The van der Waals surface area contributed by atoms with Crippen LogP contribution in [0.2, 0.25) is 0 Å². The molecule has 0 aliphatic rings. The first-order chi connectivity index (χ1) is 5.49. The zero-order valence-electron chi connectivity index (χ0n) is 8.58. The van der Waals surface area contributed by atoms with Crippen LogP contribution in [0.4, 0.5) is 0 Å². The summed E-state index contributed by atoms with van der Waals surface area (Å²) in [6.45, 7) is 1.50. The molecule has 0 heterocycles. The van der Waals surface area contributed by atoms with Gasteiger partial charge in [0.1, 0.15) is 0 Å². The molecule has 0 unspecified atom stereocenters. The van der Waals surface area contributed by atoms with E-state index in [9.17, 15) is 5.11 Å². The summed E-state index contributed by atoms with van der Waals surface area (Å²) in [6.07, 6.45) is 0. The van der Waals surface area contributed by atoms with Gasteiger partial charge in [-0.2, -0.15) is 0 Å². The van der Waals surface area contributed by atoms with Crippen LogP contribution in [0, 0.1) is 0 Å². The molecule has 1 N–H and O–H groups in total. The van der Waals surface area contributed by atoms with Crippen molar-refractivity contribution in [2.75, 3.05) is 28.4 Å². The van der Waals surface area contributed by atoms with Crippen molar-refractivity contribution < 1.29 is 45.8 Å². The molecule has 0 fully saturated rings. The standard InChI is InChI=1S/C7H16O5.Ti/c1-6(9-2,10-3)7(8,11-4)12-5;/h8H,1-5H3;. The molecule has 0 spiro atoms. The number of hydrogen-bond acceptors (Lipinski definition) is 5. The summed E-state index contributed by atoms with van der Waals surface area (Å²) < 4.78 is 19.3. The van der Waals surface area contributed by atoms with Gasteiger partial charge in [-0.3, -0.25) is 0 Å². The van der Waals surface area contributed by atoms with Gasteiger partial charge in [-0.15, -0.1) is 0 Å². The quantitative estimate of drug-likeness (QED) is 0.527. The average Bonchev–Trinajstić information content (AvgIpc) is 2.15. The van der Waals surface area contributed by atoms with E-state index in [2.05, 4.69) is 0 Å². The second-order valence-corrected chi connectivity index (χ2v) is 2.34. The minimum Gasteiger partial charge on any atom is -0.347 e. The van der Waals surface area contributed by atoms with E-state index in [0.29, 0.717) is 0 Å². The molecule has 0 amide bonds. The van der Waals surface area contributed by atoms with Crippen LogP contribution < -0.4 is 0 Å². The fourth-order valence-corrected chi connectivity index (χ4v) is 0.795. The van der Waals surface area contributed by atoms with Crippen LogP contribution in [0.15, 0.2) is 0 Å². The van der Waals surface area contributed by atoms with Crippen molar-refractivity contribution in [2.45, 2.75) is 18.7 Å². The molecule has 0 aliphatic heterocycles. The third-order valence-corrected chi connectivity index (χ3v) is 1.91. The van der Waals surface area contributed by atoms with Crippen molar-refractivity contribution in [3.05, 3.63) is 0 Å². The van der Waals surface area contributed by atoms with Crippen molar-refractivity contribution in [3.63, 3.8) is 0 Å². The third kappa shape index (κ3) is 2.99. The monoisotopic (exact) mass is 228 g/mol. The maximum absolute atomic E-state index is 9.65. The van der Waals surface area contributed by atoms with E-state index in [-0.39, 0.29) is 21.7 Å². The molecule has 0 aromatic carbocycles. The molecule has 0 aromatic rings. The summed E-state index contributed by atoms with van der Waals surface area (Å²) in [5.41, 5.74) is 0. The molecule has 0 radical (unpaired) electrons. The predicted octanol–water partition coefficient (Wildman–Crippen LogP) is -0.0682. The van der Waals surface area contributed by atoms with Gasteiger partial charge in [0.25, 0.3) is 0 Å². The Hall–Kier alpha value is 0.514. The molecule has 13 heavy (non-hydrogen) atoms. The van der Waals surface area contributed by atoms with E-state index < -0.39 is 11.8 Å². The van der Waals surface area contributed by atoms with Crippen LogP contribution in [0.1, 0.15) is 6.92 Å². The molecule has 0 atom stereocenters. The van der Waals surface area contributed by atoms with Crippen LogP contribution in [-0.2, 0) is 40.7 Å². The van der Waals surface area contributed by atoms with Gasteiger partial charge in [-0.05, 0) is 6.92 Å². The van der Waals surface area contributed by atoms with Gasteiger partial charge in [0, 0.05) is 50.2 Å². The van der Waals surface area contributed by atoms with Crippen LogP contribution >= 0.6 is 0 Å². The Morgan fingerprint density at radius 2 is 1.15 bits per heavy atom. The Bertz CT molecular complexity index is 117. The molecule has 0 bridgehead atoms. The molecule has 6 heteroatoms. The minimum absolute atomic E-state index is 0. The molecular formula is C7H16O5Ti. The van der Waals surface area contributed by atoms with E-state index in [4.69, 9.17) is 18.9 Å². The van der Waals surface area contributed by atoms with Crippen LogP contribution in [0.25, 0.3) is 0 Å². The maximum Gasteiger partial charge on any atom is 0.337 e. The van der Waals surface area contributed by atoms with Crippen molar-refractivity contribution >= 4 is 0 Å². The van der Waals surface area contributed by atoms with Gasteiger partial charge in [-0.25, -0.2) is 0 Å². The van der Waals surface area contributed by atoms with Crippen molar-refractivity contribution in [1.82, 2.24) is 0 Å². The maximum atomic E-state index is 9.65. The van der Waals surface area contributed by atoms with Crippen LogP contribution in [-0.4, -0.2) is 45.3 Å². The van der Waals surface area contributed by atoms with Gasteiger partial charge in [-0.1, -0.05) is 0 Å². The van der Waals surface area contributed by atoms with E-state index in [1.54, 1.807) is 0 Å². The average molecular weight is 228 g/mol. The zero-order chi connectivity index (χ0) is 9.83.